The third-order valence-corrected chi connectivity index (χ3v) is 2.51. The molecule has 0 saturated carbocycles. The van der Waals surface area contributed by atoms with Gasteiger partial charge in [-0.15, -0.1) is 0 Å². The summed E-state index contributed by atoms with van der Waals surface area (Å²) in [6, 6.07) is 9.65. The Morgan fingerprint density at radius 2 is 1.89 bits per heavy atom. The third-order valence-electron chi connectivity index (χ3n) is 2.51. The van der Waals surface area contributed by atoms with Crippen molar-refractivity contribution in [2.24, 2.45) is 0 Å². The number of halogens is 2. The van der Waals surface area contributed by atoms with E-state index < -0.39 is 17.5 Å². The number of rotatable bonds is 3. The van der Waals surface area contributed by atoms with E-state index in [0.717, 1.165) is 6.07 Å². The molecule has 0 aromatic heterocycles. The maximum atomic E-state index is 13.4. The summed E-state index contributed by atoms with van der Waals surface area (Å²) in [6.07, 6.45) is -0.279. The van der Waals surface area contributed by atoms with Crippen LogP contribution in [0.2, 0.25) is 0 Å². The van der Waals surface area contributed by atoms with E-state index in [0.29, 0.717) is 5.69 Å². The molecule has 0 fully saturated rings. The van der Waals surface area contributed by atoms with Gasteiger partial charge >= 0.3 is 0 Å². The Hall–Kier alpha value is -2.43. The number of hydrogen-bond donors (Lipinski definition) is 2. The second kappa shape index (κ2) is 5.48. The van der Waals surface area contributed by atoms with Gasteiger partial charge in [0, 0.05) is 17.3 Å². The lowest BCUT2D eigenvalue weighted by Crippen LogP contribution is -2.15. The number of phenolic OH excluding ortho intramolecular Hbond substituents is 1. The first-order valence-corrected chi connectivity index (χ1v) is 5.58. The van der Waals surface area contributed by atoms with Crippen LogP contribution in [0.5, 0.6) is 5.75 Å². The van der Waals surface area contributed by atoms with Crippen molar-refractivity contribution in [3.05, 3.63) is 59.7 Å². The predicted octanol–water partition coefficient (Wildman–Crippen LogP) is 2.85. The fourth-order valence-corrected chi connectivity index (χ4v) is 1.65. The highest BCUT2D eigenvalue weighted by Gasteiger charge is 2.11. The van der Waals surface area contributed by atoms with Crippen LogP contribution < -0.4 is 5.32 Å². The van der Waals surface area contributed by atoms with E-state index in [1.165, 1.54) is 24.3 Å². The van der Waals surface area contributed by atoms with E-state index >= 15 is 0 Å². The van der Waals surface area contributed by atoms with Gasteiger partial charge in [0.2, 0.25) is 5.91 Å². The Morgan fingerprint density at radius 3 is 2.63 bits per heavy atom. The molecule has 0 aliphatic rings. The first kappa shape index (κ1) is 13.0. The molecule has 0 heterocycles. The molecule has 2 aromatic rings. The lowest BCUT2D eigenvalue weighted by molar-refractivity contribution is -0.115. The van der Waals surface area contributed by atoms with E-state index in [4.69, 9.17) is 0 Å². The summed E-state index contributed by atoms with van der Waals surface area (Å²) in [4.78, 5) is 11.7. The van der Waals surface area contributed by atoms with Gasteiger partial charge in [0.25, 0.3) is 0 Å². The summed E-state index contributed by atoms with van der Waals surface area (Å²) in [5.74, 6) is -2.49. The van der Waals surface area contributed by atoms with Gasteiger partial charge in [-0.2, -0.15) is 0 Å². The molecule has 0 atom stereocenters. The van der Waals surface area contributed by atoms with E-state index in [-0.39, 0.29) is 17.7 Å². The molecule has 0 bridgehead atoms. The molecule has 2 N–H and O–H groups in total. The number of phenols is 1. The SMILES string of the molecule is O=C(Cc1cccc(F)c1F)Nc1cccc(O)c1. The molecule has 5 heteroatoms. The normalized spacial score (nSPS) is 10.2. The average Bonchev–Trinajstić information content (AvgIpc) is 2.35. The zero-order valence-electron chi connectivity index (χ0n) is 9.86. The van der Waals surface area contributed by atoms with E-state index in [2.05, 4.69) is 5.32 Å². The minimum absolute atomic E-state index is 0.00901. The fraction of sp³-hybridized carbons (Fsp3) is 0.0714. The lowest BCUT2D eigenvalue weighted by Gasteiger charge is -2.06. The Labute approximate surface area is 108 Å². The fourth-order valence-electron chi connectivity index (χ4n) is 1.65. The molecule has 0 unspecified atom stereocenters. The summed E-state index contributed by atoms with van der Waals surface area (Å²) in [5.41, 5.74) is 0.375. The molecule has 2 rings (SSSR count). The molecule has 2 aromatic carbocycles. The highest BCUT2D eigenvalue weighted by atomic mass is 19.2. The number of carbonyl (C=O) groups is 1. The average molecular weight is 263 g/mol. The number of carbonyl (C=O) groups excluding carboxylic acids is 1. The van der Waals surface area contributed by atoms with Crippen LogP contribution in [0.1, 0.15) is 5.56 Å². The number of anilines is 1. The first-order chi connectivity index (χ1) is 9.06. The van der Waals surface area contributed by atoms with E-state index in [1.54, 1.807) is 12.1 Å². The molecule has 98 valence electrons. The van der Waals surface area contributed by atoms with Crippen molar-refractivity contribution in [2.75, 3.05) is 5.32 Å². The van der Waals surface area contributed by atoms with Gasteiger partial charge < -0.3 is 10.4 Å². The van der Waals surface area contributed by atoms with Crippen LogP contribution in [-0.4, -0.2) is 11.0 Å². The van der Waals surface area contributed by atoms with Crippen molar-refractivity contribution in [3.8, 4) is 5.75 Å². The highest BCUT2D eigenvalue weighted by molar-refractivity contribution is 5.92. The first-order valence-electron chi connectivity index (χ1n) is 5.58. The van der Waals surface area contributed by atoms with Gasteiger partial charge in [0.15, 0.2) is 11.6 Å². The Kier molecular flexibility index (Phi) is 3.75. The van der Waals surface area contributed by atoms with Gasteiger partial charge in [-0.25, -0.2) is 8.78 Å². The van der Waals surface area contributed by atoms with Gasteiger partial charge in [-0.05, 0) is 18.2 Å². The number of aromatic hydroxyl groups is 1. The monoisotopic (exact) mass is 263 g/mol. The zero-order chi connectivity index (χ0) is 13.8. The van der Waals surface area contributed by atoms with Gasteiger partial charge in [0.05, 0.1) is 6.42 Å². The number of benzene rings is 2. The lowest BCUT2D eigenvalue weighted by atomic mass is 10.1. The van der Waals surface area contributed by atoms with Gasteiger partial charge in [-0.1, -0.05) is 18.2 Å². The van der Waals surface area contributed by atoms with Crippen LogP contribution in [0.15, 0.2) is 42.5 Å². The van der Waals surface area contributed by atoms with Gasteiger partial charge in [-0.3, -0.25) is 4.79 Å². The molecule has 0 saturated heterocycles. The Bertz CT molecular complexity index is 614. The van der Waals surface area contributed by atoms with Crippen LogP contribution in [0.4, 0.5) is 14.5 Å². The second-order valence-electron chi connectivity index (χ2n) is 3.99. The number of hydrogen-bond acceptors (Lipinski definition) is 2. The van der Waals surface area contributed by atoms with Crippen LogP contribution in [0.25, 0.3) is 0 Å². The quantitative estimate of drug-likeness (QED) is 0.894. The van der Waals surface area contributed by atoms with Crippen molar-refractivity contribution in [1.82, 2.24) is 0 Å². The third kappa shape index (κ3) is 3.28. The zero-order valence-corrected chi connectivity index (χ0v) is 9.86. The summed E-state index contributed by atoms with van der Waals surface area (Å²) in [5, 5.41) is 11.7. The summed E-state index contributed by atoms with van der Waals surface area (Å²) < 4.78 is 26.3. The summed E-state index contributed by atoms with van der Waals surface area (Å²) in [7, 11) is 0. The molecule has 0 aliphatic heterocycles. The molecular formula is C14H11F2NO2. The Morgan fingerprint density at radius 1 is 1.16 bits per heavy atom. The van der Waals surface area contributed by atoms with Crippen molar-refractivity contribution in [3.63, 3.8) is 0 Å². The number of amides is 1. The smallest absolute Gasteiger partial charge is 0.228 e. The molecule has 0 aliphatic carbocycles. The topological polar surface area (TPSA) is 49.3 Å². The van der Waals surface area contributed by atoms with E-state index in [1.807, 2.05) is 0 Å². The van der Waals surface area contributed by atoms with Crippen LogP contribution in [0.3, 0.4) is 0 Å². The van der Waals surface area contributed by atoms with Crippen molar-refractivity contribution in [2.45, 2.75) is 6.42 Å². The van der Waals surface area contributed by atoms with Crippen molar-refractivity contribution < 1.29 is 18.7 Å². The summed E-state index contributed by atoms with van der Waals surface area (Å²) >= 11 is 0. The molecule has 0 spiro atoms. The van der Waals surface area contributed by atoms with Crippen molar-refractivity contribution in [1.29, 1.82) is 0 Å². The minimum atomic E-state index is -1.02. The van der Waals surface area contributed by atoms with Gasteiger partial charge in [0.1, 0.15) is 5.75 Å². The molecule has 1 amide bonds. The van der Waals surface area contributed by atoms with E-state index in [9.17, 15) is 18.7 Å². The number of nitrogens with one attached hydrogen (secondary N) is 1. The maximum Gasteiger partial charge on any atom is 0.228 e. The molecule has 0 radical (unpaired) electrons. The second-order valence-corrected chi connectivity index (χ2v) is 3.99. The highest BCUT2D eigenvalue weighted by Crippen LogP contribution is 2.16. The Balaban J connectivity index is 2.08. The molecule has 3 nitrogen and oxygen atoms in total. The standard InChI is InChI=1S/C14H11F2NO2/c15-12-6-1-3-9(14(12)16)7-13(19)17-10-4-2-5-11(18)8-10/h1-6,8,18H,7H2,(H,17,19). The molecular weight excluding hydrogens is 252 g/mol. The maximum absolute atomic E-state index is 13.4. The summed E-state index contributed by atoms with van der Waals surface area (Å²) in [6.45, 7) is 0. The van der Waals surface area contributed by atoms with Crippen LogP contribution in [0, 0.1) is 11.6 Å². The molecule has 19 heavy (non-hydrogen) atoms. The van der Waals surface area contributed by atoms with Crippen molar-refractivity contribution >= 4 is 11.6 Å². The van der Waals surface area contributed by atoms with Crippen LogP contribution in [-0.2, 0) is 11.2 Å². The predicted molar refractivity (Wildman–Crippen MR) is 66.8 cm³/mol. The van der Waals surface area contributed by atoms with Crippen LogP contribution >= 0.6 is 0 Å². The largest absolute Gasteiger partial charge is 0.508 e. The minimum Gasteiger partial charge on any atom is -0.508 e.